The fraction of sp³-hybridized carbons (Fsp3) is 0.500. The predicted octanol–water partition coefficient (Wildman–Crippen LogP) is 1.97. The lowest BCUT2D eigenvalue weighted by Gasteiger charge is -2.30. The zero-order chi connectivity index (χ0) is 12.3. The number of rotatable bonds is 3. The van der Waals surface area contributed by atoms with Gasteiger partial charge >= 0.3 is 0 Å². The summed E-state index contributed by atoms with van der Waals surface area (Å²) in [5.41, 5.74) is 6.50. The van der Waals surface area contributed by atoms with Crippen molar-refractivity contribution >= 4 is 17.3 Å². The van der Waals surface area contributed by atoms with E-state index < -0.39 is 0 Å². The average Bonchev–Trinajstić information content (AvgIpc) is 2.34. The number of anilines is 1. The molecule has 2 atom stereocenters. The van der Waals surface area contributed by atoms with Gasteiger partial charge in [-0.3, -0.25) is 0 Å². The molecule has 0 bridgehead atoms. The maximum atomic E-state index is 13.0. The van der Waals surface area contributed by atoms with Gasteiger partial charge in [0.1, 0.15) is 5.82 Å². The zero-order valence-electron chi connectivity index (χ0n) is 9.55. The van der Waals surface area contributed by atoms with Crippen molar-refractivity contribution in [1.29, 1.82) is 0 Å². The minimum absolute atomic E-state index is 0.152. The molecule has 0 saturated carbocycles. The van der Waals surface area contributed by atoms with Gasteiger partial charge in [0.25, 0.3) is 0 Å². The maximum Gasteiger partial charge on any atom is 0.141 e. The number of hydrogen-bond acceptors (Lipinski definition) is 3. The molecule has 0 radical (unpaired) electrons. The highest BCUT2D eigenvalue weighted by Gasteiger charge is 2.20. The van der Waals surface area contributed by atoms with Crippen molar-refractivity contribution < 1.29 is 4.39 Å². The SMILES string of the molecule is NCC1CC(Nc2ccc(F)c(Cl)c2)CCN1. The molecular formula is C12H17ClFN3. The summed E-state index contributed by atoms with van der Waals surface area (Å²) in [6.45, 7) is 1.59. The van der Waals surface area contributed by atoms with Crippen molar-refractivity contribution in [1.82, 2.24) is 5.32 Å². The third kappa shape index (κ3) is 3.31. The van der Waals surface area contributed by atoms with E-state index in [1.165, 1.54) is 6.07 Å². The summed E-state index contributed by atoms with van der Waals surface area (Å²) >= 11 is 5.74. The molecule has 1 saturated heterocycles. The lowest BCUT2D eigenvalue weighted by molar-refractivity contribution is 0.381. The van der Waals surface area contributed by atoms with Gasteiger partial charge in [0.15, 0.2) is 0 Å². The normalized spacial score (nSPS) is 24.6. The van der Waals surface area contributed by atoms with E-state index in [-0.39, 0.29) is 10.8 Å². The first-order chi connectivity index (χ1) is 8.19. The lowest BCUT2D eigenvalue weighted by atomic mass is 9.99. The maximum absolute atomic E-state index is 13.0. The molecule has 1 fully saturated rings. The quantitative estimate of drug-likeness (QED) is 0.776. The summed E-state index contributed by atoms with van der Waals surface area (Å²) in [4.78, 5) is 0. The number of halogens is 2. The molecule has 1 aliphatic heterocycles. The third-order valence-electron chi connectivity index (χ3n) is 3.07. The van der Waals surface area contributed by atoms with Gasteiger partial charge in [-0.05, 0) is 37.6 Å². The second kappa shape index (κ2) is 5.67. The van der Waals surface area contributed by atoms with Crippen LogP contribution in [0.5, 0.6) is 0 Å². The van der Waals surface area contributed by atoms with Crippen LogP contribution >= 0.6 is 11.6 Å². The Morgan fingerprint density at radius 3 is 3.06 bits per heavy atom. The van der Waals surface area contributed by atoms with Crippen LogP contribution in [0.15, 0.2) is 18.2 Å². The number of benzene rings is 1. The molecule has 0 amide bonds. The van der Waals surface area contributed by atoms with Crippen LogP contribution in [0, 0.1) is 5.82 Å². The lowest BCUT2D eigenvalue weighted by Crippen LogP contribution is -2.46. The molecule has 94 valence electrons. The van der Waals surface area contributed by atoms with Crippen LogP contribution in [0.2, 0.25) is 5.02 Å². The van der Waals surface area contributed by atoms with Gasteiger partial charge in [0, 0.05) is 24.3 Å². The molecule has 17 heavy (non-hydrogen) atoms. The number of hydrogen-bond donors (Lipinski definition) is 3. The van der Waals surface area contributed by atoms with Gasteiger partial charge in [0.05, 0.1) is 5.02 Å². The number of nitrogens with two attached hydrogens (primary N) is 1. The Kier molecular flexibility index (Phi) is 4.20. The molecular weight excluding hydrogens is 241 g/mol. The van der Waals surface area contributed by atoms with Gasteiger partial charge in [-0.15, -0.1) is 0 Å². The molecule has 1 aromatic rings. The van der Waals surface area contributed by atoms with Crippen LogP contribution in [-0.2, 0) is 0 Å². The summed E-state index contributed by atoms with van der Waals surface area (Å²) in [6.07, 6.45) is 2.01. The van der Waals surface area contributed by atoms with Crippen LogP contribution in [-0.4, -0.2) is 25.2 Å². The van der Waals surface area contributed by atoms with Gasteiger partial charge in [0.2, 0.25) is 0 Å². The summed E-state index contributed by atoms with van der Waals surface area (Å²) in [5.74, 6) is -0.387. The predicted molar refractivity (Wildman–Crippen MR) is 68.9 cm³/mol. The van der Waals surface area contributed by atoms with Crippen LogP contribution in [0.25, 0.3) is 0 Å². The molecule has 2 unspecified atom stereocenters. The topological polar surface area (TPSA) is 50.1 Å². The average molecular weight is 258 g/mol. The van der Waals surface area contributed by atoms with E-state index in [2.05, 4.69) is 10.6 Å². The highest BCUT2D eigenvalue weighted by atomic mass is 35.5. The highest BCUT2D eigenvalue weighted by molar-refractivity contribution is 6.31. The Balaban J connectivity index is 1.97. The molecule has 0 aromatic heterocycles. The van der Waals surface area contributed by atoms with Gasteiger partial charge < -0.3 is 16.4 Å². The number of nitrogens with one attached hydrogen (secondary N) is 2. The molecule has 0 aliphatic carbocycles. The Morgan fingerprint density at radius 2 is 2.35 bits per heavy atom. The van der Waals surface area contributed by atoms with Crippen LogP contribution in [0.1, 0.15) is 12.8 Å². The monoisotopic (exact) mass is 257 g/mol. The van der Waals surface area contributed by atoms with Crippen LogP contribution in [0.4, 0.5) is 10.1 Å². The van der Waals surface area contributed by atoms with Gasteiger partial charge in [-0.2, -0.15) is 0 Å². The fourth-order valence-corrected chi connectivity index (χ4v) is 2.32. The van der Waals surface area contributed by atoms with Crippen molar-refractivity contribution in [3.8, 4) is 0 Å². The fourth-order valence-electron chi connectivity index (χ4n) is 2.14. The Bertz CT molecular complexity index is 386. The molecule has 4 N–H and O–H groups in total. The Hall–Kier alpha value is -0.840. The molecule has 5 heteroatoms. The molecule has 1 heterocycles. The third-order valence-corrected chi connectivity index (χ3v) is 3.36. The summed E-state index contributed by atoms with van der Waals surface area (Å²) in [7, 11) is 0. The Morgan fingerprint density at radius 1 is 1.53 bits per heavy atom. The molecule has 0 spiro atoms. The second-order valence-electron chi connectivity index (χ2n) is 4.38. The van der Waals surface area contributed by atoms with Crippen molar-refractivity contribution in [2.24, 2.45) is 5.73 Å². The second-order valence-corrected chi connectivity index (χ2v) is 4.79. The summed E-state index contributed by atoms with van der Waals surface area (Å²) in [6, 6.07) is 5.44. The molecule has 3 nitrogen and oxygen atoms in total. The van der Waals surface area contributed by atoms with Crippen molar-refractivity contribution in [3.63, 3.8) is 0 Å². The first kappa shape index (κ1) is 12.6. The minimum atomic E-state index is -0.387. The van der Waals surface area contributed by atoms with E-state index in [1.807, 2.05) is 0 Å². The van der Waals surface area contributed by atoms with Crippen molar-refractivity contribution in [3.05, 3.63) is 29.0 Å². The van der Waals surface area contributed by atoms with E-state index in [4.69, 9.17) is 17.3 Å². The summed E-state index contributed by atoms with van der Waals surface area (Å²) in [5, 5.41) is 6.87. The number of piperidine rings is 1. The first-order valence-electron chi connectivity index (χ1n) is 5.84. The summed E-state index contributed by atoms with van der Waals surface area (Å²) < 4.78 is 13.0. The first-order valence-corrected chi connectivity index (χ1v) is 6.22. The van der Waals surface area contributed by atoms with Crippen molar-refractivity contribution in [2.45, 2.75) is 24.9 Å². The standard InChI is InChI=1S/C12H17ClFN3/c13-11-6-8(1-2-12(11)14)17-9-3-4-16-10(5-9)7-15/h1-2,6,9-10,16-17H,3-5,7,15H2. The van der Waals surface area contributed by atoms with Crippen LogP contribution in [0.3, 0.4) is 0 Å². The highest BCUT2D eigenvalue weighted by Crippen LogP contribution is 2.21. The van der Waals surface area contributed by atoms with E-state index in [0.717, 1.165) is 25.1 Å². The smallest absolute Gasteiger partial charge is 0.141 e. The molecule has 2 rings (SSSR count). The Labute approximate surface area is 106 Å². The van der Waals surface area contributed by atoms with Gasteiger partial charge in [-0.1, -0.05) is 11.6 Å². The van der Waals surface area contributed by atoms with E-state index in [9.17, 15) is 4.39 Å². The molecule has 1 aromatic carbocycles. The van der Waals surface area contributed by atoms with Crippen LogP contribution < -0.4 is 16.4 Å². The minimum Gasteiger partial charge on any atom is -0.382 e. The van der Waals surface area contributed by atoms with E-state index in [0.29, 0.717) is 18.6 Å². The van der Waals surface area contributed by atoms with E-state index in [1.54, 1.807) is 12.1 Å². The van der Waals surface area contributed by atoms with Crippen molar-refractivity contribution in [2.75, 3.05) is 18.4 Å². The molecule has 1 aliphatic rings. The van der Waals surface area contributed by atoms with Gasteiger partial charge in [-0.25, -0.2) is 4.39 Å². The zero-order valence-corrected chi connectivity index (χ0v) is 10.3. The van der Waals surface area contributed by atoms with E-state index >= 15 is 0 Å². The largest absolute Gasteiger partial charge is 0.382 e.